The van der Waals surface area contributed by atoms with E-state index in [0.29, 0.717) is 41.6 Å². The molecule has 194 valence electrons. The monoisotopic (exact) mass is 497 g/mol. The number of aromatic nitrogens is 4. The normalized spacial score (nSPS) is 12.4. The Labute approximate surface area is 211 Å². The van der Waals surface area contributed by atoms with Gasteiger partial charge in [-0.2, -0.15) is 9.78 Å². The molecular weight excluding hydrogens is 461 g/mol. The Bertz CT molecular complexity index is 1210. The summed E-state index contributed by atoms with van der Waals surface area (Å²) >= 11 is 0. The van der Waals surface area contributed by atoms with Crippen LogP contribution in [0.2, 0.25) is 0 Å². The van der Waals surface area contributed by atoms with Crippen LogP contribution in [0, 0.1) is 11.8 Å². The van der Waals surface area contributed by atoms with Crippen LogP contribution in [0.3, 0.4) is 0 Å². The number of carbonyl (C=O) groups is 2. The van der Waals surface area contributed by atoms with E-state index in [-0.39, 0.29) is 24.4 Å². The average molecular weight is 498 g/mol. The molecule has 0 bridgehead atoms. The highest BCUT2D eigenvalue weighted by Crippen LogP contribution is 2.22. The summed E-state index contributed by atoms with van der Waals surface area (Å²) in [7, 11) is 0. The molecule has 9 nitrogen and oxygen atoms in total. The van der Waals surface area contributed by atoms with E-state index >= 15 is 0 Å². The van der Waals surface area contributed by atoms with Gasteiger partial charge in [0, 0.05) is 49.4 Å². The predicted octanol–water partition coefficient (Wildman–Crippen LogP) is 4.02. The molecule has 0 saturated carbocycles. The molecule has 10 heteroatoms. The highest BCUT2D eigenvalue weighted by atomic mass is 19.1. The van der Waals surface area contributed by atoms with Crippen molar-refractivity contribution in [1.82, 2.24) is 30.4 Å². The number of carbonyl (C=O) groups excluding carboxylic acids is 2. The van der Waals surface area contributed by atoms with Gasteiger partial charge in [-0.05, 0) is 37.3 Å². The third-order valence-corrected chi connectivity index (χ3v) is 5.52. The molecule has 0 fully saturated rings. The number of alkyl halides is 1. The van der Waals surface area contributed by atoms with Gasteiger partial charge in [0.1, 0.15) is 6.17 Å². The minimum atomic E-state index is -1.13. The van der Waals surface area contributed by atoms with Crippen LogP contribution in [0.4, 0.5) is 10.1 Å². The first-order valence-corrected chi connectivity index (χ1v) is 12.3. The number of halogens is 1. The zero-order valence-corrected chi connectivity index (χ0v) is 21.8. The van der Waals surface area contributed by atoms with Crippen LogP contribution in [-0.4, -0.2) is 50.3 Å². The van der Waals surface area contributed by atoms with E-state index in [0.717, 1.165) is 10.9 Å². The second-order valence-corrected chi connectivity index (χ2v) is 10.0. The Morgan fingerprint density at radius 1 is 1.00 bits per heavy atom. The number of fused-ring (bicyclic) bond motifs is 1. The quantitative estimate of drug-likeness (QED) is 0.369. The molecule has 1 unspecified atom stereocenters. The molecule has 3 N–H and O–H groups in total. The summed E-state index contributed by atoms with van der Waals surface area (Å²) in [6.07, 6.45) is 4.20. The van der Waals surface area contributed by atoms with Gasteiger partial charge in [0.15, 0.2) is 11.5 Å². The van der Waals surface area contributed by atoms with Gasteiger partial charge in [-0.15, -0.1) is 0 Å². The summed E-state index contributed by atoms with van der Waals surface area (Å²) in [6, 6.07) is 3.72. The summed E-state index contributed by atoms with van der Waals surface area (Å²) in [6.45, 7) is 11.8. The molecule has 2 amide bonds. The van der Waals surface area contributed by atoms with Gasteiger partial charge in [-0.1, -0.05) is 27.7 Å². The van der Waals surface area contributed by atoms with Crippen molar-refractivity contribution in [3.05, 3.63) is 41.9 Å². The zero-order valence-electron chi connectivity index (χ0n) is 21.8. The summed E-state index contributed by atoms with van der Waals surface area (Å²) in [5.74, 6) is 0.209. The SMILES string of the molecule is CC(C)CC(=O)NCc1cnc2c(cnn2-c2cc(NC(C)C)c(C(=O)NCC(F)C(C)C)cn2)c1. The molecule has 3 rings (SSSR count). The van der Waals surface area contributed by atoms with Gasteiger partial charge in [0.2, 0.25) is 5.91 Å². The number of anilines is 1. The van der Waals surface area contributed by atoms with Crippen LogP contribution in [0.15, 0.2) is 30.7 Å². The van der Waals surface area contributed by atoms with Crippen LogP contribution in [-0.2, 0) is 11.3 Å². The summed E-state index contributed by atoms with van der Waals surface area (Å²) in [5.41, 5.74) is 2.37. The first-order valence-electron chi connectivity index (χ1n) is 12.3. The Balaban J connectivity index is 1.83. The Morgan fingerprint density at radius 3 is 2.42 bits per heavy atom. The van der Waals surface area contributed by atoms with Crippen molar-refractivity contribution in [2.24, 2.45) is 11.8 Å². The number of hydrogen-bond acceptors (Lipinski definition) is 6. The fourth-order valence-corrected chi connectivity index (χ4v) is 3.57. The third kappa shape index (κ3) is 6.99. The van der Waals surface area contributed by atoms with E-state index in [1.54, 1.807) is 37.0 Å². The predicted molar refractivity (Wildman–Crippen MR) is 139 cm³/mol. The van der Waals surface area contributed by atoms with Crippen LogP contribution in [0.25, 0.3) is 16.9 Å². The number of hydrogen-bond donors (Lipinski definition) is 3. The third-order valence-electron chi connectivity index (χ3n) is 5.52. The van der Waals surface area contributed by atoms with Gasteiger partial charge < -0.3 is 16.0 Å². The highest BCUT2D eigenvalue weighted by molar-refractivity contribution is 5.99. The second-order valence-electron chi connectivity index (χ2n) is 10.0. The van der Waals surface area contributed by atoms with Gasteiger partial charge >= 0.3 is 0 Å². The van der Waals surface area contributed by atoms with Crippen LogP contribution in [0.1, 0.15) is 63.9 Å². The fraction of sp³-hybridized carbons (Fsp3) is 0.500. The van der Waals surface area contributed by atoms with E-state index in [4.69, 9.17) is 0 Å². The van der Waals surface area contributed by atoms with Crippen molar-refractivity contribution in [2.45, 2.75) is 66.7 Å². The van der Waals surface area contributed by atoms with Crippen molar-refractivity contribution in [3.8, 4) is 5.82 Å². The number of pyridine rings is 2. The summed E-state index contributed by atoms with van der Waals surface area (Å²) < 4.78 is 15.6. The first-order chi connectivity index (χ1) is 17.0. The van der Waals surface area contributed by atoms with Crippen LogP contribution in [0.5, 0.6) is 0 Å². The van der Waals surface area contributed by atoms with E-state index in [9.17, 15) is 14.0 Å². The maximum absolute atomic E-state index is 14.0. The maximum atomic E-state index is 14.0. The summed E-state index contributed by atoms with van der Waals surface area (Å²) in [4.78, 5) is 33.7. The smallest absolute Gasteiger partial charge is 0.255 e. The molecular formula is C26H36FN7O2. The molecule has 0 aliphatic rings. The minimum Gasteiger partial charge on any atom is -0.382 e. The molecule has 0 radical (unpaired) electrons. The Kier molecular flexibility index (Phi) is 8.95. The van der Waals surface area contributed by atoms with E-state index in [2.05, 4.69) is 31.0 Å². The molecule has 3 aromatic rings. The minimum absolute atomic E-state index is 0.00513. The largest absolute Gasteiger partial charge is 0.382 e. The topological polar surface area (TPSA) is 114 Å². The Morgan fingerprint density at radius 2 is 1.75 bits per heavy atom. The van der Waals surface area contributed by atoms with Gasteiger partial charge in [0.25, 0.3) is 5.91 Å². The van der Waals surface area contributed by atoms with Crippen molar-refractivity contribution in [3.63, 3.8) is 0 Å². The number of nitrogens with zero attached hydrogens (tertiary/aromatic N) is 4. The van der Waals surface area contributed by atoms with Gasteiger partial charge in [-0.25, -0.2) is 14.4 Å². The lowest BCUT2D eigenvalue weighted by Gasteiger charge is -2.17. The van der Waals surface area contributed by atoms with Crippen molar-refractivity contribution < 1.29 is 14.0 Å². The molecule has 3 aromatic heterocycles. The van der Waals surface area contributed by atoms with Crippen LogP contribution < -0.4 is 16.0 Å². The zero-order chi connectivity index (χ0) is 26.4. The maximum Gasteiger partial charge on any atom is 0.255 e. The molecule has 0 aliphatic carbocycles. The van der Waals surface area contributed by atoms with Crippen molar-refractivity contribution >= 4 is 28.5 Å². The second kappa shape index (κ2) is 11.9. The first kappa shape index (κ1) is 27.0. The lowest BCUT2D eigenvalue weighted by molar-refractivity contribution is -0.121. The number of nitrogens with one attached hydrogen (secondary N) is 3. The Hall–Kier alpha value is -3.56. The van der Waals surface area contributed by atoms with Gasteiger partial charge in [0.05, 0.1) is 17.4 Å². The van der Waals surface area contributed by atoms with Crippen molar-refractivity contribution in [1.29, 1.82) is 0 Å². The molecule has 0 spiro atoms. The van der Waals surface area contributed by atoms with Crippen LogP contribution >= 0.6 is 0 Å². The molecule has 0 aliphatic heterocycles. The summed E-state index contributed by atoms with van der Waals surface area (Å²) in [5, 5.41) is 14.1. The average Bonchev–Trinajstić information content (AvgIpc) is 3.23. The van der Waals surface area contributed by atoms with E-state index < -0.39 is 12.1 Å². The molecule has 0 saturated heterocycles. The highest BCUT2D eigenvalue weighted by Gasteiger charge is 2.19. The molecule has 36 heavy (non-hydrogen) atoms. The fourth-order valence-electron chi connectivity index (χ4n) is 3.57. The van der Waals surface area contributed by atoms with E-state index in [1.807, 2.05) is 33.8 Å². The molecule has 1 atom stereocenters. The number of rotatable bonds is 11. The van der Waals surface area contributed by atoms with Gasteiger partial charge in [-0.3, -0.25) is 9.59 Å². The lowest BCUT2D eigenvalue weighted by Crippen LogP contribution is -2.33. The van der Waals surface area contributed by atoms with E-state index in [1.165, 1.54) is 6.20 Å². The standard InChI is InChI=1S/C26H36FN7O2/c1-15(2)7-24(35)29-10-18-8-19-12-32-34(25(19)30-11-18)23-9-22(33-17(5)6)20(13-28-23)26(36)31-14-21(27)16(3)4/h8-9,11-13,15-17,21H,7,10,14H2,1-6H3,(H,28,33)(H,29,35)(H,31,36). The molecule has 0 aromatic carbocycles. The molecule has 3 heterocycles. The van der Waals surface area contributed by atoms with Crippen molar-refractivity contribution in [2.75, 3.05) is 11.9 Å². The lowest BCUT2D eigenvalue weighted by atomic mass is 10.1. The number of amides is 2.